The third-order valence-corrected chi connectivity index (χ3v) is 6.91. The number of rotatable bonds is 4. The number of benzene rings is 1. The fraction of sp³-hybridized carbons (Fsp3) is 0.316. The topological polar surface area (TPSA) is 97.2 Å². The van der Waals surface area contributed by atoms with Crippen LogP contribution in [0.25, 0.3) is 11.0 Å². The zero-order chi connectivity index (χ0) is 19.9. The van der Waals surface area contributed by atoms with Crippen LogP contribution in [-0.4, -0.2) is 46.0 Å². The number of pyridine rings is 1. The van der Waals surface area contributed by atoms with Crippen molar-refractivity contribution in [3.05, 3.63) is 48.3 Å². The first-order valence-corrected chi connectivity index (χ1v) is 10.5. The lowest BCUT2D eigenvalue weighted by atomic mass is 10.2. The summed E-state index contributed by atoms with van der Waals surface area (Å²) in [5.41, 5.74) is 2.07. The number of nitrogens with zero attached hydrogens (tertiary/aromatic N) is 4. The van der Waals surface area contributed by atoms with E-state index in [1.165, 1.54) is 4.31 Å². The van der Waals surface area contributed by atoms with Gasteiger partial charge in [0.1, 0.15) is 6.04 Å². The van der Waals surface area contributed by atoms with Gasteiger partial charge < -0.3 is 5.32 Å². The van der Waals surface area contributed by atoms with Gasteiger partial charge in [0.2, 0.25) is 15.9 Å². The number of sulfonamides is 1. The molecule has 1 saturated heterocycles. The van der Waals surface area contributed by atoms with Gasteiger partial charge in [-0.15, -0.1) is 0 Å². The number of hydrogen-bond acceptors (Lipinski definition) is 5. The maximum atomic E-state index is 12.9. The zero-order valence-corrected chi connectivity index (χ0v) is 16.5. The Kier molecular flexibility index (Phi) is 4.64. The number of anilines is 1. The molecule has 0 aliphatic carbocycles. The Labute approximate surface area is 163 Å². The Bertz CT molecular complexity index is 1140. The first-order valence-electron chi connectivity index (χ1n) is 9.05. The molecule has 0 saturated carbocycles. The van der Waals surface area contributed by atoms with Crippen LogP contribution in [0.3, 0.4) is 0 Å². The lowest BCUT2D eigenvalue weighted by molar-refractivity contribution is -0.119. The van der Waals surface area contributed by atoms with Crippen molar-refractivity contribution >= 4 is 32.7 Å². The highest BCUT2D eigenvalue weighted by Gasteiger charge is 2.39. The summed E-state index contributed by atoms with van der Waals surface area (Å²) < 4.78 is 28.9. The summed E-state index contributed by atoms with van der Waals surface area (Å²) in [6.07, 6.45) is 2.69. The molecule has 1 amide bonds. The number of aryl methyl sites for hydroxylation is 2. The van der Waals surface area contributed by atoms with Crippen LogP contribution in [0.1, 0.15) is 18.5 Å². The first kappa shape index (κ1) is 18.6. The summed E-state index contributed by atoms with van der Waals surface area (Å²) in [5.74, 6) is -0.348. The van der Waals surface area contributed by atoms with Gasteiger partial charge in [0.25, 0.3) is 0 Å². The van der Waals surface area contributed by atoms with Gasteiger partial charge in [0, 0.05) is 19.0 Å². The standard InChI is InChI=1S/C19H21N5O3S/c1-13-16-11-14(12-20-18(16)23(2)22-13)21-19(25)17-9-6-10-24(17)28(26,27)15-7-4-3-5-8-15/h3-5,7-8,11-12,17H,6,9-10H2,1-2H3,(H,21,25). The van der Waals surface area contributed by atoms with Gasteiger partial charge in [-0.05, 0) is 38.0 Å². The number of nitrogens with one attached hydrogen (secondary N) is 1. The van der Waals surface area contributed by atoms with Crippen molar-refractivity contribution < 1.29 is 13.2 Å². The summed E-state index contributed by atoms with van der Waals surface area (Å²) in [6, 6.07) is 9.28. The molecule has 1 aliphatic rings. The van der Waals surface area contributed by atoms with Crippen LogP contribution in [-0.2, 0) is 21.9 Å². The maximum absolute atomic E-state index is 12.9. The summed E-state index contributed by atoms with van der Waals surface area (Å²) in [6.45, 7) is 2.20. The van der Waals surface area contributed by atoms with Crippen LogP contribution in [0.5, 0.6) is 0 Å². The molecule has 1 unspecified atom stereocenters. The van der Waals surface area contributed by atoms with Crippen molar-refractivity contribution in [2.75, 3.05) is 11.9 Å². The minimum Gasteiger partial charge on any atom is -0.323 e. The molecule has 2 aromatic heterocycles. The maximum Gasteiger partial charge on any atom is 0.243 e. The molecule has 0 radical (unpaired) electrons. The van der Waals surface area contributed by atoms with Crippen molar-refractivity contribution in [3.8, 4) is 0 Å². The second kappa shape index (κ2) is 6.99. The van der Waals surface area contributed by atoms with E-state index in [0.29, 0.717) is 25.1 Å². The van der Waals surface area contributed by atoms with Crippen molar-refractivity contribution in [2.45, 2.75) is 30.7 Å². The molecule has 28 heavy (non-hydrogen) atoms. The first-order chi connectivity index (χ1) is 13.4. The summed E-state index contributed by atoms with van der Waals surface area (Å²) in [5, 5.41) is 7.99. The van der Waals surface area contributed by atoms with Crippen LogP contribution in [0.4, 0.5) is 5.69 Å². The summed E-state index contributed by atoms with van der Waals surface area (Å²) in [4.78, 5) is 17.4. The van der Waals surface area contributed by atoms with Crippen molar-refractivity contribution in [1.29, 1.82) is 0 Å². The largest absolute Gasteiger partial charge is 0.323 e. The highest BCUT2D eigenvalue weighted by atomic mass is 32.2. The van der Waals surface area contributed by atoms with E-state index in [2.05, 4.69) is 15.4 Å². The number of aromatic nitrogens is 3. The van der Waals surface area contributed by atoms with Crippen LogP contribution >= 0.6 is 0 Å². The fourth-order valence-electron chi connectivity index (χ4n) is 3.62. The molecule has 1 fully saturated rings. The van der Waals surface area contributed by atoms with E-state index in [0.717, 1.165) is 16.7 Å². The average molecular weight is 399 g/mol. The number of amides is 1. The van der Waals surface area contributed by atoms with Crippen molar-refractivity contribution in [1.82, 2.24) is 19.1 Å². The molecule has 4 rings (SSSR count). The number of carbonyl (C=O) groups is 1. The Morgan fingerprint density at radius 3 is 2.75 bits per heavy atom. The van der Waals surface area contributed by atoms with Crippen molar-refractivity contribution in [3.63, 3.8) is 0 Å². The molecule has 146 valence electrons. The minimum absolute atomic E-state index is 0.198. The van der Waals surface area contributed by atoms with Gasteiger partial charge in [-0.1, -0.05) is 18.2 Å². The van der Waals surface area contributed by atoms with Gasteiger partial charge in [-0.2, -0.15) is 9.40 Å². The van der Waals surface area contributed by atoms with Crippen molar-refractivity contribution in [2.24, 2.45) is 7.05 Å². The van der Waals surface area contributed by atoms with E-state index >= 15 is 0 Å². The van der Waals surface area contributed by atoms with Crippen LogP contribution < -0.4 is 5.32 Å². The molecular formula is C19H21N5O3S. The third kappa shape index (κ3) is 3.16. The third-order valence-electron chi connectivity index (χ3n) is 4.99. The van der Waals surface area contributed by atoms with Crippen LogP contribution in [0.15, 0.2) is 47.5 Å². The number of fused-ring (bicyclic) bond motifs is 1. The van der Waals surface area contributed by atoms with Gasteiger partial charge in [0.15, 0.2) is 5.65 Å². The quantitative estimate of drug-likeness (QED) is 0.724. The zero-order valence-electron chi connectivity index (χ0n) is 15.7. The van der Waals surface area contributed by atoms with Crippen LogP contribution in [0.2, 0.25) is 0 Å². The number of carbonyl (C=O) groups excluding carboxylic acids is 1. The molecule has 1 N–H and O–H groups in total. The predicted molar refractivity (Wildman–Crippen MR) is 105 cm³/mol. The molecule has 0 spiro atoms. The van der Waals surface area contributed by atoms with E-state index in [9.17, 15) is 13.2 Å². The molecule has 1 aliphatic heterocycles. The lowest BCUT2D eigenvalue weighted by Gasteiger charge is -2.23. The molecular weight excluding hydrogens is 378 g/mol. The molecule has 0 bridgehead atoms. The number of hydrogen-bond donors (Lipinski definition) is 1. The Morgan fingerprint density at radius 1 is 1.25 bits per heavy atom. The van der Waals surface area contributed by atoms with Gasteiger partial charge in [-0.3, -0.25) is 9.48 Å². The SMILES string of the molecule is Cc1nn(C)c2ncc(NC(=O)C3CCCN3S(=O)(=O)c3ccccc3)cc12. The fourth-order valence-corrected chi connectivity index (χ4v) is 5.30. The second-order valence-electron chi connectivity index (χ2n) is 6.88. The predicted octanol–water partition coefficient (Wildman–Crippen LogP) is 2.07. The second-order valence-corrected chi connectivity index (χ2v) is 8.77. The molecule has 3 heterocycles. The van der Waals surface area contributed by atoms with E-state index in [4.69, 9.17) is 0 Å². The van der Waals surface area contributed by atoms with Crippen LogP contribution in [0, 0.1) is 6.92 Å². The Morgan fingerprint density at radius 2 is 2.00 bits per heavy atom. The minimum atomic E-state index is -3.72. The molecule has 1 aromatic carbocycles. The highest BCUT2D eigenvalue weighted by Crippen LogP contribution is 2.27. The summed E-state index contributed by atoms with van der Waals surface area (Å²) >= 11 is 0. The van der Waals surface area contributed by atoms with E-state index in [-0.39, 0.29) is 10.8 Å². The smallest absolute Gasteiger partial charge is 0.243 e. The summed E-state index contributed by atoms with van der Waals surface area (Å²) in [7, 11) is -1.91. The highest BCUT2D eigenvalue weighted by molar-refractivity contribution is 7.89. The van der Waals surface area contributed by atoms with E-state index < -0.39 is 16.1 Å². The average Bonchev–Trinajstić information content (AvgIpc) is 3.28. The Balaban J connectivity index is 1.58. The molecule has 1 atom stereocenters. The molecule has 8 nitrogen and oxygen atoms in total. The molecule has 3 aromatic rings. The molecule has 9 heteroatoms. The van der Waals surface area contributed by atoms with Gasteiger partial charge in [0.05, 0.1) is 22.5 Å². The lowest BCUT2D eigenvalue weighted by Crippen LogP contribution is -2.43. The Hall–Kier alpha value is -2.78. The van der Waals surface area contributed by atoms with E-state index in [1.54, 1.807) is 41.2 Å². The normalized spacial score (nSPS) is 17.9. The van der Waals surface area contributed by atoms with Gasteiger partial charge in [-0.25, -0.2) is 13.4 Å². The van der Waals surface area contributed by atoms with E-state index in [1.807, 2.05) is 20.0 Å². The van der Waals surface area contributed by atoms with Gasteiger partial charge >= 0.3 is 0 Å². The monoisotopic (exact) mass is 399 g/mol.